The number of H-pyrrole nitrogens is 1. The lowest BCUT2D eigenvalue weighted by molar-refractivity contribution is 0.209. The summed E-state index contributed by atoms with van der Waals surface area (Å²) in [7, 11) is 1.66. The Bertz CT molecular complexity index is 752. The van der Waals surface area contributed by atoms with Crippen molar-refractivity contribution in [1.82, 2.24) is 14.8 Å². The molecule has 1 saturated heterocycles. The Balaban J connectivity index is 1.78. The van der Waals surface area contributed by atoms with E-state index in [-0.39, 0.29) is 5.56 Å². The van der Waals surface area contributed by atoms with Gasteiger partial charge in [0.05, 0.1) is 7.11 Å². The van der Waals surface area contributed by atoms with Crippen molar-refractivity contribution in [3.05, 3.63) is 40.2 Å². The van der Waals surface area contributed by atoms with Crippen molar-refractivity contribution in [2.24, 2.45) is 0 Å². The lowest BCUT2D eigenvalue weighted by Gasteiger charge is -2.26. The number of ether oxygens (including phenoxy) is 1. The molecule has 0 amide bonds. The predicted octanol–water partition coefficient (Wildman–Crippen LogP) is 2.45. The molecule has 24 heavy (non-hydrogen) atoms. The van der Waals surface area contributed by atoms with Crippen LogP contribution in [-0.4, -0.2) is 54.1 Å². The Morgan fingerprint density at radius 1 is 1.29 bits per heavy atom. The van der Waals surface area contributed by atoms with Crippen LogP contribution in [0.4, 0.5) is 0 Å². The van der Waals surface area contributed by atoms with Crippen LogP contribution >= 0.6 is 0 Å². The number of likely N-dealkylation sites (N-methyl/N-ethyl adjacent to an activating group) is 1. The number of aromatic nitrogens is 1. The number of methoxy groups -OCH3 is 1. The van der Waals surface area contributed by atoms with Crippen LogP contribution in [0.25, 0.3) is 10.9 Å². The summed E-state index contributed by atoms with van der Waals surface area (Å²) < 4.78 is 5.28. The molecule has 1 fully saturated rings. The van der Waals surface area contributed by atoms with E-state index in [0.717, 1.165) is 48.4 Å². The number of rotatable bonds is 6. The van der Waals surface area contributed by atoms with Crippen LogP contribution in [0, 0.1) is 0 Å². The Labute approximate surface area is 143 Å². The summed E-state index contributed by atoms with van der Waals surface area (Å²) in [6, 6.07) is 8.34. The highest BCUT2D eigenvalue weighted by molar-refractivity contribution is 5.80. The SMILES string of the molecule is CCN(CC)C1CCN(Cc2cc3cc(OC)ccc3[nH]c2=O)C1. The molecule has 1 aromatic heterocycles. The van der Waals surface area contributed by atoms with Gasteiger partial charge in [-0.15, -0.1) is 0 Å². The largest absolute Gasteiger partial charge is 0.497 e. The second-order valence-corrected chi connectivity index (χ2v) is 6.48. The molecular formula is C19H27N3O2. The summed E-state index contributed by atoms with van der Waals surface area (Å²) in [5, 5.41) is 1.02. The van der Waals surface area contributed by atoms with Crippen LogP contribution in [0.1, 0.15) is 25.8 Å². The minimum Gasteiger partial charge on any atom is -0.497 e. The number of nitrogens with zero attached hydrogens (tertiary/aromatic N) is 2. The molecule has 1 atom stereocenters. The van der Waals surface area contributed by atoms with Gasteiger partial charge in [-0.3, -0.25) is 14.6 Å². The van der Waals surface area contributed by atoms with Crippen LogP contribution < -0.4 is 10.3 Å². The molecule has 2 aromatic rings. The third kappa shape index (κ3) is 3.47. The quantitative estimate of drug-likeness (QED) is 0.884. The van der Waals surface area contributed by atoms with Crippen molar-refractivity contribution in [3.63, 3.8) is 0 Å². The maximum absolute atomic E-state index is 12.4. The molecule has 0 saturated carbocycles. The first-order chi connectivity index (χ1) is 11.6. The molecule has 5 heteroatoms. The second kappa shape index (κ2) is 7.36. The zero-order valence-corrected chi connectivity index (χ0v) is 14.8. The fourth-order valence-corrected chi connectivity index (χ4v) is 3.71. The van der Waals surface area contributed by atoms with E-state index in [4.69, 9.17) is 4.74 Å². The number of hydrogen-bond acceptors (Lipinski definition) is 4. The number of nitrogens with one attached hydrogen (secondary N) is 1. The molecule has 0 spiro atoms. The first kappa shape index (κ1) is 17.0. The molecule has 1 unspecified atom stereocenters. The van der Waals surface area contributed by atoms with Crippen LogP contribution in [0.2, 0.25) is 0 Å². The fraction of sp³-hybridized carbons (Fsp3) is 0.526. The van der Waals surface area contributed by atoms with Crippen molar-refractivity contribution in [2.45, 2.75) is 32.9 Å². The maximum Gasteiger partial charge on any atom is 0.252 e. The van der Waals surface area contributed by atoms with Gasteiger partial charge in [0.25, 0.3) is 5.56 Å². The van der Waals surface area contributed by atoms with Gasteiger partial charge >= 0.3 is 0 Å². The number of likely N-dealkylation sites (tertiary alicyclic amines) is 1. The Morgan fingerprint density at radius 3 is 2.79 bits per heavy atom. The van der Waals surface area contributed by atoms with Gasteiger partial charge in [-0.25, -0.2) is 0 Å². The third-order valence-electron chi connectivity index (χ3n) is 5.10. The summed E-state index contributed by atoms with van der Waals surface area (Å²) in [5.74, 6) is 0.809. The van der Waals surface area contributed by atoms with Crippen LogP contribution in [0.5, 0.6) is 5.75 Å². The van der Waals surface area contributed by atoms with Gasteiger partial charge in [-0.2, -0.15) is 0 Å². The van der Waals surface area contributed by atoms with E-state index in [2.05, 4.69) is 28.6 Å². The maximum atomic E-state index is 12.4. The molecule has 1 N–H and O–H groups in total. The highest BCUT2D eigenvalue weighted by Gasteiger charge is 2.26. The Hall–Kier alpha value is -1.85. The number of fused-ring (bicyclic) bond motifs is 1. The van der Waals surface area contributed by atoms with Crippen molar-refractivity contribution in [2.75, 3.05) is 33.3 Å². The predicted molar refractivity (Wildman–Crippen MR) is 97.7 cm³/mol. The van der Waals surface area contributed by atoms with Gasteiger partial charge in [-0.1, -0.05) is 13.8 Å². The van der Waals surface area contributed by atoms with Crippen LogP contribution in [0.15, 0.2) is 29.1 Å². The lowest BCUT2D eigenvalue weighted by atomic mass is 10.1. The van der Waals surface area contributed by atoms with E-state index >= 15 is 0 Å². The topological polar surface area (TPSA) is 48.6 Å². The van der Waals surface area contributed by atoms with Gasteiger partial charge in [0.2, 0.25) is 0 Å². The van der Waals surface area contributed by atoms with E-state index in [0.29, 0.717) is 12.6 Å². The number of hydrogen-bond donors (Lipinski definition) is 1. The van der Waals surface area contributed by atoms with Crippen molar-refractivity contribution < 1.29 is 4.74 Å². The van der Waals surface area contributed by atoms with Crippen molar-refractivity contribution in [3.8, 4) is 5.75 Å². The summed E-state index contributed by atoms with van der Waals surface area (Å²) in [6.45, 7) is 9.41. The standard InChI is InChI=1S/C19H27N3O2/c1-4-22(5-2)16-8-9-21(13-16)12-15-10-14-11-17(24-3)6-7-18(14)20-19(15)23/h6-7,10-11,16H,4-5,8-9,12-13H2,1-3H3,(H,20,23). The van der Waals surface area contributed by atoms with Crippen molar-refractivity contribution >= 4 is 10.9 Å². The summed E-state index contributed by atoms with van der Waals surface area (Å²) in [6.07, 6.45) is 1.18. The number of aromatic amines is 1. The molecular weight excluding hydrogens is 302 g/mol. The summed E-state index contributed by atoms with van der Waals surface area (Å²) in [4.78, 5) is 20.3. The molecule has 0 bridgehead atoms. The van der Waals surface area contributed by atoms with Gasteiger partial charge in [0, 0.05) is 42.1 Å². The van der Waals surface area contributed by atoms with Gasteiger partial charge in [-0.05, 0) is 43.8 Å². The van der Waals surface area contributed by atoms with Crippen LogP contribution in [-0.2, 0) is 6.54 Å². The molecule has 130 valence electrons. The Kier molecular flexibility index (Phi) is 5.21. The zero-order valence-electron chi connectivity index (χ0n) is 14.8. The molecule has 2 heterocycles. The minimum absolute atomic E-state index is 0.0129. The minimum atomic E-state index is 0.0129. The van der Waals surface area contributed by atoms with E-state index in [1.807, 2.05) is 24.3 Å². The van der Waals surface area contributed by atoms with E-state index < -0.39 is 0 Å². The lowest BCUT2D eigenvalue weighted by Crippen LogP contribution is -2.37. The summed E-state index contributed by atoms with van der Waals surface area (Å²) in [5.41, 5.74) is 1.70. The van der Waals surface area contributed by atoms with Gasteiger partial charge in [0.1, 0.15) is 5.75 Å². The molecule has 5 nitrogen and oxygen atoms in total. The normalized spacial score (nSPS) is 18.6. The third-order valence-corrected chi connectivity index (χ3v) is 5.10. The number of benzene rings is 1. The molecule has 0 radical (unpaired) electrons. The second-order valence-electron chi connectivity index (χ2n) is 6.48. The first-order valence-corrected chi connectivity index (χ1v) is 8.81. The zero-order chi connectivity index (χ0) is 17.1. The highest BCUT2D eigenvalue weighted by atomic mass is 16.5. The van der Waals surface area contributed by atoms with Gasteiger partial charge in [0.15, 0.2) is 0 Å². The van der Waals surface area contributed by atoms with Crippen molar-refractivity contribution in [1.29, 1.82) is 0 Å². The smallest absolute Gasteiger partial charge is 0.252 e. The van der Waals surface area contributed by atoms with E-state index in [1.54, 1.807) is 7.11 Å². The Morgan fingerprint density at radius 2 is 2.08 bits per heavy atom. The molecule has 0 aliphatic carbocycles. The average Bonchev–Trinajstić information content (AvgIpc) is 3.04. The molecule has 1 aliphatic rings. The monoisotopic (exact) mass is 329 g/mol. The molecule has 1 aromatic carbocycles. The number of pyridine rings is 1. The summed E-state index contributed by atoms with van der Waals surface area (Å²) >= 11 is 0. The van der Waals surface area contributed by atoms with Crippen LogP contribution in [0.3, 0.4) is 0 Å². The molecule has 1 aliphatic heterocycles. The highest BCUT2D eigenvalue weighted by Crippen LogP contribution is 2.21. The van der Waals surface area contributed by atoms with E-state index in [1.165, 1.54) is 6.42 Å². The van der Waals surface area contributed by atoms with Gasteiger partial charge < -0.3 is 9.72 Å². The average molecular weight is 329 g/mol. The molecule has 3 rings (SSSR count). The van der Waals surface area contributed by atoms with E-state index in [9.17, 15) is 4.79 Å². The first-order valence-electron chi connectivity index (χ1n) is 8.81. The fourth-order valence-electron chi connectivity index (χ4n) is 3.71.